The van der Waals surface area contributed by atoms with E-state index >= 15 is 0 Å². The minimum atomic E-state index is 0.276. The number of benzene rings is 2. The number of nitrogens with zero attached hydrogens (tertiary/aromatic N) is 2. The summed E-state index contributed by atoms with van der Waals surface area (Å²) in [4.78, 5) is 0. The molecule has 2 nitrogen and oxygen atoms in total. The molecule has 0 spiro atoms. The second-order valence-corrected chi connectivity index (χ2v) is 5.41. The Hall–Kier alpha value is -2.22. The van der Waals surface area contributed by atoms with E-state index in [0.717, 1.165) is 18.5 Å². The van der Waals surface area contributed by atoms with Crippen molar-refractivity contribution in [3.05, 3.63) is 71.3 Å². The molecular weight excluding hydrogens is 244 g/mol. The lowest BCUT2D eigenvalue weighted by Crippen LogP contribution is -2.02. The van der Waals surface area contributed by atoms with Crippen LogP contribution in [0.2, 0.25) is 0 Å². The average Bonchev–Trinajstić information content (AvgIpc) is 2.90. The van der Waals surface area contributed by atoms with Crippen LogP contribution >= 0.6 is 0 Å². The summed E-state index contributed by atoms with van der Waals surface area (Å²) in [6.07, 6.45) is 3.49. The monoisotopic (exact) mass is 260 g/mol. The second kappa shape index (κ2) is 4.71. The maximum atomic E-state index is 4.57. The topological polar surface area (TPSA) is 24.7 Å². The van der Waals surface area contributed by atoms with Gasteiger partial charge in [-0.1, -0.05) is 48.5 Å². The summed E-state index contributed by atoms with van der Waals surface area (Å²) in [5.41, 5.74) is 6.32. The van der Waals surface area contributed by atoms with E-state index in [2.05, 4.69) is 58.8 Å². The molecule has 0 radical (unpaired) electrons. The van der Waals surface area contributed by atoms with Crippen molar-refractivity contribution in [3.8, 4) is 0 Å². The van der Waals surface area contributed by atoms with Gasteiger partial charge in [0.1, 0.15) is 0 Å². The maximum absolute atomic E-state index is 4.57. The van der Waals surface area contributed by atoms with Crippen molar-refractivity contribution in [2.75, 3.05) is 0 Å². The molecule has 0 N–H and O–H groups in total. The SMILES string of the molecule is c1ccc(C2=C3CCCC3N=Nc3ccccc32)cc1. The average molecular weight is 260 g/mol. The molecule has 0 saturated heterocycles. The number of rotatable bonds is 1. The Bertz CT molecular complexity index is 698. The first-order valence-electron chi connectivity index (χ1n) is 7.22. The predicted molar refractivity (Wildman–Crippen MR) is 81.1 cm³/mol. The normalized spacial score (nSPS) is 20.5. The van der Waals surface area contributed by atoms with Crippen molar-refractivity contribution in [1.29, 1.82) is 0 Å². The van der Waals surface area contributed by atoms with Gasteiger partial charge in [-0.05, 0) is 42.0 Å². The van der Waals surface area contributed by atoms with Crippen LogP contribution in [0.1, 0.15) is 30.4 Å². The fourth-order valence-corrected chi connectivity index (χ4v) is 3.27. The number of hydrogen-bond donors (Lipinski definition) is 0. The lowest BCUT2D eigenvalue weighted by molar-refractivity contribution is 0.740. The van der Waals surface area contributed by atoms with E-state index in [1.54, 1.807) is 0 Å². The molecule has 2 aromatic rings. The van der Waals surface area contributed by atoms with Crippen molar-refractivity contribution in [2.24, 2.45) is 10.2 Å². The molecule has 0 aromatic heterocycles. The molecule has 2 aliphatic rings. The first-order valence-corrected chi connectivity index (χ1v) is 7.22. The lowest BCUT2D eigenvalue weighted by Gasteiger charge is -2.14. The fraction of sp³-hybridized carbons (Fsp3) is 0.222. The highest BCUT2D eigenvalue weighted by molar-refractivity contribution is 5.88. The fourth-order valence-electron chi connectivity index (χ4n) is 3.27. The van der Waals surface area contributed by atoms with Gasteiger partial charge in [0.15, 0.2) is 0 Å². The van der Waals surface area contributed by atoms with Gasteiger partial charge in [0, 0.05) is 5.56 Å². The van der Waals surface area contributed by atoms with E-state index in [9.17, 15) is 0 Å². The largest absolute Gasteiger partial charge is 0.181 e. The van der Waals surface area contributed by atoms with E-state index in [0.29, 0.717) is 0 Å². The Labute approximate surface area is 118 Å². The molecule has 4 rings (SSSR count). The Morgan fingerprint density at radius 1 is 0.900 bits per heavy atom. The molecular formula is C18H16N2. The van der Waals surface area contributed by atoms with Gasteiger partial charge in [0.25, 0.3) is 0 Å². The van der Waals surface area contributed by atoms with E-state index in [4.69, 9.17) is 0 Å². The van der Waals surface area contributed by atoms with Gasteiger partial charge in [-0.15, -0.1) is 0 Å². The third-order valence-electron chi connectivity index (χ3n) is 4.19. The zero-order valence-electron chi connectivity index (χ0n) is 11.3. The van der Waals surface area contributed by atoms with E-state index in [-0.39, 0.29) is 6.04 Å². The Morgan fingerprint density at radius 2 is 1.70 bits per heavy atom. The minimum absolute atomic E-state index is 0.276. The van der Waals surface area contributed by atoms with Crippen LogP contribution in [0.4, 0.5) is 5.69 Å². The second-order valence-electron chi connectivity index (χ2n) is 5.41. The third kappa shape index (κ3) is 1.80. The van der Waals surface area contributed by atoms with Crippen LogP contribution in [0.25, 0.3) is 5.57 Å². The predicted octanol–water partition coefficient (Wildman–Crippen LogP) is 5.14. The molecule has 2 heteroatoms. The van der Waals surface area contributed by atoms with Crippen LogP contribution in [0.5, 0.6) is 0 Å². The van der Waals surface area contributed by atoms with Crippen LogP contribution in [-0.4, -0.2) is 6.04 Å². The minimum Gasteiger partial charge on any atom is -0.181 e. The molecule has 1 heterocycles. The summed E-state index contributed by atoms with van der Waals surface area (Å²) < 4.78 is 0. The molecule has 1 aliphatic heterocycles. The zero-order valence-corrected chi connectivity index (χ0v) is 11.3. The first kappa shape index (κ1) is 11.6. The Morgan fingerprint density at radius 3 is 2.60 bits per heavy atom. The smallest absolute Gasteiger partial charge is 0.0931 e. The summed E-state index contributed by atoms with van der Waals surface area (Å²) in [6.45, 7) is 0. The highest BCUT2D eigenvalue weighted by atomic mass is 15.1. The van der Waals surface area contributed by atoms with Gasteiger partial charge < -0.3 is 0 Å². The first-order chi connectivity index (χ1) is 9.93. The summed E-state index contributed by atoms with van der Waals surface area (Å²) in [5.74, 6) is 0. The highest BCUT2D eigenvalue weighted by Gasteiger charge is 2.28. The lowest BCUT2D eigenvalue weighted by atomic mass is 9.90. The summed E-state index contributed by atoms with van der Waals surface area (Å²) >= 11 is 0. The molecule has 1 saturated carbocycles. The molecule has 2 aromatic carbocycles. The molecule has 20 heavy (non-hydrogen) atoms. The molecule has 0 bridgehead atoms. The van der Waals surface area contributed by atoms with E-state index < -0.39 is 0 Å². The van der Waals surface area contributed by atoms with Crippen molar-refractivity contribution in [1.82, 2.24) is 0 Å². The maximum Gasteiger partial charge on any atom is 0.0931 e. The van der Waals surface area contributed by atoms with Crippen LogP contribution in [-0.2, 0) is 0 Å². The quantitative estimate of drug-likeness (QED) is 0.678. The van der Waals surface area contributed by atoms with Gasteiger partial charge in [0.2, 0.25) is 0 Å². The van der Waals surface area contributed by atoms with Crippen molar-refractivity contribution in [3.63, 3.8) is 0 Å². The molecule has 1 aliphatic carbocycles. The van der Waals surface area contributed by atoms with Gasteiger partial charge in [-0.2, -0.15) is 10.2 Å². The summed E-state index contributed by atoms with van der Waals surface area (Å²) in [5, 5.41) is 9.06. The van der Waals surface area contributed by atoms with Gasteiger partial charge in [-0.25, -0.2) is 0 Å². The van der Waals surface area contributed by atoms with Crippen LogP contribution in [0.15, 0.2) is 70.4 Å². The van der Waals surface area contributed by atoms with Gasteiger partial charge in [-0.3, -0.25) is 0 Å². The van der Waals surface area contributed by atoms with Crippen LogP contribution < -0.4 is 0 Å². The summed E-state index contributed by atoms with van der Waals surface area (Å²) in [6, 6.07) is 19.3. The van der Waals surface area contributed by atoms with Crippen LogP contribution in [0, 0.1) is 0 Å². The highest BCUT2D eigenvalue weighted by Crippen LogP contribution is 2.43. The van der Waals surface area contributed by atoms with E-state index in [1.165, 1.54) is 28.7 Å². The van der Waals surface area contributed by atoms with Crippen LogP contribution in [0.3, 0.4) is 0 Å². The number of fused-ring (bicyclic) bond motifs is 2. The molecule has 98 valence electrons. The Balaban J connectivity index is 2.01. The summed E-state index contributed by atoms with van der Waals surface area (Å²) in [7, 11) is 0. The molecule has 1 fully saturated rings. The van der Waals surface area contributed by atoms with Crippen molar-refractivity contribution < 1.29 is 0 Å². The van der Waals surface area contributed by atoms with Crippen molar-refractivity contribution >= 4 is 11.3 Å². The van der Waals surface area contributed by atoms with Crippen molar-refractivity contribution in [2.45, 2.75) is 25.3 Å². The van der Waals surface area contributed by atoms with Gasteiger partial charge in [0.05, 0.1) is 11.7 Å². The standard InChI is InChI=1S/C18H16N2/c1-2-7-13(8-3-1)18-14-9-4-5-11-16(14)19-20-17-12-6-10-15(17)18/h1-5,7-9,11,17H,6,10,12H2. The third-order valence-corrected chi connectivity index (χ3v) is 4.19. The van der Waals surface area contributed by atoms with E-state index in [1.807, 2.05) is 6.07 Å². The molecule has 0 amide bonds. The Kier molecular flexibility index (Phi) is 2.73. The number of azo groups is 1. The zero-order chi connectivity index (χ0) is 13.4. The van der Waals surface area contributed by atoms with Gasteiger partial charge >= 0.3 is 0 Å². The molecule has 1 unspecified atom stereocenters. The number of hydrogen-bond acceptors (Lipinski definition) is 2. The molecule has 1 atom stereocenters.